The molecule has 0 saturated carbocycles. The van der Waals surface area contributed by atoms with Crippen LogP contribution in [0, 0.1) is 0 Å². The summed E-state index contributed by atoms with van der Waals surface area (Å²) < 4.78 is 11.2. The van der Waals surface area contributed by atoms with Crippen LogP contribution < -0.4 is 0 Å². The Labute approximate surface area is 105 Å². The van der Waals surface area contributed by atoms with Crippen LogP contribution in [0.4, 0.5) is 0 Å². The summed E-state index contributed by atoms with van der Waals surface area (Å²) in [4.78, 5) is 0. The molecule has 2 nitrogen and oxygen atoms in total. The maximum Gasteiger partial charge on any atom is 0.657 e. The molecular formula is C14H22BO2. The summed E-state index contributed by atoms with van der Waals surface area (Å²) in [5, 5.41) is 0. The van der Waals surface area contributed by atoms with Crippen molar-refractivity contribution < 1.29 is 9.31 Å². The molecule has 0 aromatic carbocycles. The topological polar surface area (TPSA) is 18.5 Å². The van der Waals surface area contributed by atoms with Crippen LogP contribution >= 0.6 is 0 Å². The van der Waals surface area contributed by atoms with E-state index in [0.29, 0.717) is 0 Å². The molecule has 17 heavy (non-hydrogen) atoms. The molecule has 0 unspecified atom stereocenters. The van der Waals surface area contributed by atoms with Gasteiger partial charge in [0.05, 0.1) is 11.5 Å². The Hall–Kier alpha value is -0.855. The Morgan fingerprint density at radius 3 is 1.76 bits per heavy atom. The fourth-order valence-electron chi connectivity index (χ4n) is 2.33. The van der Waals surface area contributed by atoms with Gasteiger partial charge in [0.1, 0.15) is 0 Å². The SMILES string of the molecule is [B](OC1=CCCCCC1)OC1=CCCCCC1. The lowest BCUT2D eigenvalue weighted by Gasteiger charge is -2.10. The Bertz CT molecular complexity index is 256. The van der Waals surface area contributed by atoms with E-state index in [2.05, 4.69) is 12.2 Å². The molecule has 0 aromatic heterocycles. The number of hydrogen-bond acceptors (Lipinski definition) is 2. The molecular weight excluding hydrogens is 211 g/mol. The molecule has 2 rings (SSSR count). The Kier molecular flexibility index (Phi) is 5.53. The largest absolute Gasteiger partial charge is 0.657 e. The Balaban J connectivity index is 1.67. The predicted octanol–water partition coefficient (Wildman–Crippen LogP) is 4.25. The highest BCUT2D eigenvalue weighted by Crippen LogP contribution is 2.20. The molecule has 0 saturated heterocycles. The zero-order chi connectivity index (χ0) is 11.8. The van der Waals surface area contributed by atoms with E-state index in [1.165, 1.54) is 46.2 Å². The van der Waals surface area contributed by atoms with Crippen LogP contribution in [0.3, 0.4) is 0 Å². The third-order valence-electron chi connectivity index (χ3n) is 3.40. The third kappa shape index (κ3) is 4.89. The van der Waals surface area contributed by atoms with Gasteiger partial charge in [-0.3, -0.25) is 0 Å². The molecule has 0 atom stereocenters. The first kappa shape index (κ1) is 12.6. The molecule has 0 aromatic rings. The third-order valence-corrected chi connectivity index (χ3v) is 3.40. The summed E-state index contributed by atoms with van der Waals surface area (Å²) in [7, 11) is 1.52. The average Bonchev–Trinajstić information content (AvgIpc) is 2.73. The maximum atomic E-state index is 5.58. The van der Waals surface area contributed by atoms with Crippen molar-refractivity contribution in [2.75, 3.05) is 0 Å². The summed E-state index contributed by atoms with van der Waals surface area (Å²) in [6.45, 7) is 0. The molecule has 0 aliphatic heterocycles. The van der Waals surface area contributed by atoms with Crippen LogP contribution in [0.2, 0.25) is 0 Å². The van der Waals surface area contributed by atoms with Gasteiger partial charge in [0.2, 0.25) is 0 Å². The van der Waals surface area contributed by atoms with Crippen LogP contribution in [0.25, 0.3) is 0 Å². The monoisotopic (exact) mass is 233 g/mol. The number of allylic oxidation sites excluding steroid dienone is 4. The summed E-state index contributed by atoms with van der Waals surface area (Å²) in [5.41, 5.74) is 0. The molecule has 0 bridgehead atoms. The fourth-order valence-corrected chi connectivity index (χ4v) is 2.33. The van der Waals surface area contributed by atoms with Crippen molar-refractivity contribution in [1.29, 1.82) is 0 Å². The second-order valence-corrected chi connectivity index (χ2v) is 4.87. The maximum absolute atomic E-state index is 5.58. The summed E-state index contributed by atoms with van der Waals surface area (Å²) in [5.74, 6) is 2.16. The van der Waals surface area contributed by atoms with Crippen LogP contribution in [0.1, 0.15) is 64.2 Å². The van der Waals surface area contributed by atoms with Crippen molar-refractivity contribution in [1.82, 2.24) is 0 Å². The van der Waals surface area contributed by atoms with Gasteiger partial charge in [0.25, 0.3) is 0 Å². The summed E-state index contributed by atoms with van der Waals surface area (Å²) >= 11 is 0. The highest BCUT2D eigenvalue weighted by Gasteiger charge is 2.09. The number of hydrogen-bond donors (Lipinski definition) is 0. The molecule has 2 aliphatic rings. The van der Waals surface area contributed by atoms with Crippen molar-refractivity contribution in [3.05, 3.63) is 23.7 Å². The van der Waals surface area contributed by atoms with Crippen molar-refractivity contribution in [2.24, 2.45) is 0 Å². The minimum Gasteiger partial charge on any atom is -0.530 e. The van der Waals surface area contributed by atoms with E-state index in [-0.39, 0.29) is 0 Å². The van der Waals surface area contributed by atoms with E-state index in [1.54, 1.807) is 0 Å². The first-order chi connectivity index (χ1) is 8.45. The van der Waals surface area contributed by atoms with Gasteiger partial charge < -0.3 is 9.31 Å². The van der Waals surface area contributed by atoms with Crippen molar-refractivity contribution in [3.63, 3.8) is 0 Å². The summed E-state index contributed by atoms with van der Waals surface area (Å²) in [6.07, 6.45) is 16.5. The fraction of sp³-hybridized carbons (Fsp3) is 0.714. The van der Waals surface area contributed by atoms with E-state index in [1.807, 2.05) is 0 Å². The molecule has 0 amide bonds. The first-order valence-electron chi connectivity index (χ1n) is 6.98. The minimum absolute atomic E-state index is 1.05. The van der Waals surface area contributed by atoms with Crippen LogP contribution in [0.15, 0.2) is 23.7 Å². The normalized spacial score (nSPS) is 21.6. The van der Waals surface area contributed by atoms with Crippen LogP contribution in [0.5, 0.6) is 0 Å². The molecule has 1 radical (unpaired) electrons. The zero-order valence-electron chi connectivity index (χ0n) is 10.6. The highest BCUT2D eigenvalue weighted by atomic mass is 16.6. The van der Waals surface area contributed by atoms with Gasteiger partial charge in [0.15, 0.2) is 0 Å². The quantitative estimate of drug-likeness (QED) is 0.675. The Morgan fingerprint density at radius 2 is 1.24 bits per heavy atom. The van der Waals surface area contributed by atoms with Gasteiger partial charge in [-0.15, -0.1) is 0 Å². The van der Waals surface area contributed by atoms with E-state index < -0.39 is 0 Å². The van der Waals surface area contributed by atoms with E-state index in [9.17, 15) is 0 Å². The van der Waals surface area contributed by atoms with Gasteiger partial charge in [-0.2, -0.15) is 0 Å². The van der Waals surface area contributed by atoms with Gasteiger partial charge in [-0.25, -0.2) is 0 Å². The van der Waals surface area contributed by atoms with Crippen LogP contribution in [-0.4, -0.2) is 7.69 Å². The highest BCUT2D eigenvalue weighted by molar-refractivity contribution is 6.19. The molecule has 0 heterocycles. The first-order valence-corrected chi connectivity index (χ1v) is 6.98. The minimum atomic E-state index is 1.05. The molecule has 0 spiro atoms. The van der Waals surface area contributed by atoms with Crippen LogP contribution in [-0.2, 0) is 9.31 Å². The van der Waals surface area contributed by atoms with Gasteiger partial charge >= 0.3 is 7.69 Å². The van der Waals surface area contributed by atoms with E-state index in [0.717, 1.165) is 37.2 Å². The van der Waals surface area contributed by atoms with E-state index in [4.69, 9.17) is 9.31 Å². The molecule has 0 N–H and O–H groups in total. The lowest BCUT2D eigenvalue weighted by atomic mass is 10.2. The van der Waals surface area contributed by atoms with Gasteiger partial charge in [0, 0.05) is 12.8 Å². The molecule has 0 fully saturated rings. The second-order valence-electron chi connectivity index (χ2n) is 4.87. The smallest absolute Gasteiger partial charge is 0.530 e. The van der Waals surface area contributed by atoms with Crippen molar-refractivity contribution in [3.8, 4) is 0 Å². The summed E-state index contributed by atoms with van der Waals surface area (Å²) in [6, 6.07) is 0. The Morgan fingerprint density at radius 1 is 0.706 bits per heavy atom. The lowest BCUT2D eigenvalue weighted by Crippen LogP contribution is -2.04. The second kappa shape index (κ2) is 7.47. The molecule has 3 heteroatoms. The number of rotatable bonds is 4. The average molecular weight is 233 g/mol. The van der Waals surface area contributed by atoms with Crippen molar-refractivity contribution in [2.45, 2.75) is 64.2 Å². The van der Waals surface area contributed by atoms with E-state index >= 15 is 0 Å². The molecule has 2 aliphatic carbocycles. The predicted molar refractivity (Wildman–Crippen MR) is 70.3 cm³/mol. The standard InChI is InChI=1S/C14H22BO2/c1-2-6-10-13(9-5-1)16-15-17-14-11-7-3-4-8-12-14/h9,11H,1-8,10,12H2. The van der Waals surface area contributed by atoms with Gasteiger partial charge in [-0.05, 0) is 50.7 Å². The lowest BCUT2D eigenvalue weighted by molar-refractivity contribution is 0.304. The van der Waals surface area contributed by atoms with Crippen molar-refractivity contribution >= 4 is 7.69 Å². The van der Waals surface area contributed by atoms with Gasteiger partial charge in [-0.1, -0.05) is 12.8 Å². The zero-order valence-corrected chi connectivity index (χ0v) is 10.6. The molecule has 93 valence electrons.